The van der Waals surface area contributed by atoms with Crippen LogP contribution in [0.4, 0.5) is 0 Å². The SMILES string of the molecule is N.N.O=C([O-])C[N+]1(CC(=O)[O-])CC(=O)OCCOC(=O)C1.O=C([O-])C[N+]1(CC(=O)[O-])CC(=O)OCCOC(=O)C1.[Fe].[H-].[Na+]. The van der Waals surface area contributed by atoms with Crippen molar-refractivity contribution in [3.63, 3.8) is 0 Å². The number of carboxylic acid groups (broad SMARTS) is 4. The molecule has 22 heteroatoms. The number of quaternary nitrogens is 2. The molecule has 2 rings (SSSR count). The summed E-state index contributed by atoms with van der Waals surface area (Å²) < 4.78 is 16.9. The molecule has 2 aliphatic rings. The fourth-order valence-electron chi connectivity index (χ4n) is 3.67. The molecule has 2 heterocycles. The van der Waals surface area contributed by atoms with E-state index in [2.05, 4.69) is 18.9 Å². The number of rotatable bonds is 8. The molecule has 0 amide bonds. The number of carbonyl (C=O) groups is 8. The fraction of sp³-hybridized carbons (Fsp3) is 0.600. The summed E-state index contributed by atoms with van der Waals surface area (Å²) in [6, 6.07) is 0. The zero-order chi connectivity index (χ0) is 28.9. The number of cyclic esters (lactones) is 4. The zero-order valence-corrected chi connectivity index (χ0v) is 25.8. The van der Waals surface area contributed by atoms with E-state index in [1.54, 1.807) is 0 Å². The first-order chi connectivity index (χ1) is 17.7. The Morgan fingerprint density at radius 2 is 0.690 bits per heavy atom. The van der Waals surface area contributed by atoms with Gasteiger partial charge in [-0.1, -0.05) is 0 Å². The summed E-state index contributed by atoms with van der Waals surface area (Å²) in [6.07, 6.45) is 0. The molecule has 238 valence electrons. The van der Waals surface area contributed by atoms with E-state index in [-0.39, 0.29) is 86.8 Å². The summed E-state index contributed by atoms with van der Waals surface area (Å²) in [5.74, 6) is -9.66. The van der Waals surface area contributed by atoms with Crippen LogP contribution in [0.1, 0.15) is 1.43 Å². The van der Waals surface area contributed by atoms with Crippen molar-refractivity contribution in [3.8, 4) is 0 Å². The minimum absolute atomic E-state index is 0. The van der Waals surface area contributed by atoms with Gasteiger partial charge in [-0.2, -0.15) is 0 Å². The van der Waals surface area contributed by atoms with Crippen LogP contribution in [0, 0.1) is 0 Å². The molecule has 0 aromatic carbocycles. The molecule has 2 saturated heterocycles. The second-order valence-corrected chi connectivity index (χ2v) is 8.32. The first kappa shape index (κ1) is 46.1. The van der Waals surface area contributed by atoms with Crippen LogP contribution in [-0.4, -0.2) is 136 Å². The van der Waals surface area contributed by atoms with E-state index in [0.29, 0.717) is 0 Å². The van der Waals surface area contributed by atoms with Crippen LogP contribution in [0.5, 0.6) is 0 Å². The normalized spacial score (nSPS) is 17.5. The zero-order valence-electron chi connectivity index (χ0n) is 23.7. The smallest absolute Gasteiger partial charge is 1.00 e. The maximum atomic E-state index is 11.4. The van der Waals surface area contributed by atoms with Crippen LogP contribution in [0.15, 0.2) is 0 Å². The summed E-state index contributed by atoms with van der Waals surface area (Å²) in [4.78, 5) is 88.6. The predicted molar refractivity (Wildman–Crippen MR) is 114 cm³/mol. The maximum Gasteiger partial charge on any atom is 1.00 e. The Bertz CT molecular complexity index is 837. The van der Waals surface area contributed by atoms with Crippen molar-refractivity contribution in [2.75, 3.05) is 78.8 Å². The number of esters is 4. The molecule has 0 aromatic heterocycles. The molecule has 0 unspecified atom stereocenters. The van der Waals surface area contributed by atoms with Gasteiger partial charge in [0, 0.05) is 17.1 Å². The van der Waals surface area contributed by atoms with Crippen LogP contribution in [0.2, 0.25) is 0 Å². The van der Waals surface area contributed by atoms with Crippen molar-refractivity contribution in [2.45, 2.75) is 0 Å². The number of carboxylic acids is 4. The fourth-order valence-corrected chi connectivity index (χ4v) is 3.67. The summed E-state index contributed by atoms with van der Waals surface area (Å²) in [6.45, 7) is -6.35. The topological polar surface area (TPSA) is 336 Å². The van der Waals surface area contributed by atoms with Gasteiger partial charge in [0.2, 0.25) is 0 Å². The summed E-state index contributed by atoms with van der Waals surface area (Å²) in [5.41, 5.74) is 0. The largest absolute Gasteiger partial charge is 1.00 e. The standard InChI is InChI=1S/2C10H13NO8.Fe.2H3N.Na.H/c2*12-7(13)3-11(4-8(14)15)5-9(16)18-1-2-19-10(17)6-11;;;;;/h2*1-6H2,(H-,12,13,14,15);;2*1H3;;/q;;;;;+1;-1/p-2. The third-order valence-corrected chi connectivity index (χ3v) is 4.93. The van der Waals surface area contributed by atoms with Crippen LogP contribution in [0.25, 0.3) is 0 Å². The summed E-state index contributed by atoms with van der Waals surface area (Å²) >= 11 is 0. The van der Waals surface area contributed by atoms with Gasteiger partial charge in [0.05, 0.1) is 23.9 Å². The van der Waals surface area contributed by atoms with Crippen LogP contribution in [-0.2, 0) is 74.4 Å². The Balaban J connectivity index is -0.000000201. The van der Waals surface area contributed by atoms with Crippen molar-refractivity contribution in [3.05, 3.63) is 0 Å². The molecule has 0 radical (unpaired) electrons. The van der Waals surface area contributed by atoms with Gasteiger partial charge in [-0.25, -0.2) is 19.2 Å². The molecule has 20 nitrogen and oxygen atoms in total. The van der Waals surface area contributed by atoms with Crippen molar-refractivity contribution >= 4 is 47.8 Å². The van der Waals surface area contributed by atoms with E-state index in [4.69, 9.17) is 0 Å². The quantitative estimate of drug-likeness (QED) is 0.105. The number of hydrogen-bond acceptors (Lipinski definition) is 18. The molecular weight excluding hydrogens is 631 g/mol. The molecule has 0 bridgehead atoms. The number of carbonyl (C=O) groups excluding carboxylic acids is 8. The second kappa shape index (κ2) is 21.8. The minimum atomic E-state index is -1.60. The van der Waals surface area contributed by atoms with Crippen molar-refractivity contribution < 1.29 is 135 Å². The Morgan fingerprint density at radius 3 is 0.833 bits per heavy atom. The third kappa shape index (κ3) is 18.5. The van der Waals surface area contributed by atoms with Gasteiger partial charge >= 0.3 is 53.4 Å². The number of aliphatic carboxylic acids is 4. The molecule has 0 atom stereocenters. The van der Waals surface area contributed by atoms with Gasteiger partial charge in [0.15, 0.2) is 26.2 Å². The van der Waals surface area contributed by atoms with Crippen LogP contribution >= 0.6 is 0 Å². The van der Waals surface area contributed by atoms with E-state index in [0.717, 1.165) is 0 Å². The number of ether oxygens (including phenoxy) is 4. The van der Waals surface area contributed by atoms with Crippen molar-refractivity contribution in [1.82, 2.24) is 12.3 Å². The van der Waals surface area contributed by atoms with Crippen LogP contribution < -0.4 is 62.3 Å². The van der Waals surface area contributed by atoms with E-state index < -0.39 is 109 Å². The molecule has 0 aliphatic carbocycles. The summed E-state index contributed by atoms with van der Waals surface area (Å²) in [5, 5.41) is 42.8. The predicted octanol–water partition coefficient (Wildman–Crippen LogP) is -11.8. The van der Waals surface area contributed by atoms with Gasteiger partial charge in [-0.15, -0.1) is 0 Å². The Hall–Kier alpha value is -2.88. The van der Waals surface area contributed by atoms with Crippen LogP contribution in [0.3, 0.4) is 0 Å². The van der Waals surface area contributed by atoms with Gasteiger partial charge in [-0.3, -0.25) is 8.97 Å². The van der Waals surface area contributed by atoms with E-state index in [1.165, 1.54) is 0 Å². The number of nitrogens with zero attached hydrogens (tertiary/aromatic N) is 2. The van der Waals surface area contributed by atoms with E-state index in [1.807, 2.05) is 0 Å². The average Bonchev–Trinajstić information content (AvgIpc) is 2.82. The molecule has 0 aromatic rings. The maximum absolute atomic E-state index is 11.4. The summed E-state index contributed by atoms with van der Waals surface area (Å²) in [7, 11) is 0. The molecule has 6 N–H and O–H groups in total. The van der Waals surface area contributed by atoms with Gasteiger partial charge < -0.3 is 72.3 Å². The van der Waals surface area contributed by atoms with E-state index in [9.17, 15) is 58.8 Å². The Kier molecular flexibility index (Phi) is 23.9. The molecule has 2 aliphatic heterocycles. The molecule has 42 heavy (non-hydrogen) atoms. The molecular formula is C20H31FeN4NaO16-2. The average molecular weight is 662 g/mol. The minimum Gasteiger partial charge on any atom is -1.00 e. The molecule has 0 saturated carbocycles. The van der Waals surface area contributed by atoms with Gasteiger partial charge in [-0.05, 0) is 0 Å². The second-order valence-electron chi connectivity index (χ2n) is 8.32. The first-order valence-electron chi connectivity index (χ1n) is 10.8. The Labute approximate surface area is 272 Å². The van der Waals surface area contributed by atoms with Gasteiger partial charge in [0.25, 0.3) is 0 Å². The molecule has 0 spiro atoms. The molecule has 2 fully saturated rings. The van der Waals surface area contributed by atoms with Crippen molar-refractivity contribution in [1.29, 1.82) is 0 Å². The van der Waals surface area contributed by atoms with Gasteiger partial charge in [0.1, 0.15) is 52.6 Å². The number of hydrogen-bond donors (Lipinski definition) is 2. The Morgan fingerprint density at radius 1 is 0.524 bits per heavy atom. The third-order valence-electron chi connectivity index (χ3n) is 4.93. The monoisotopic (exact) mass is 662 g/mol. The van der Waals surface area contributed by atoms with E-state index >= 15 is 0 Å². The first-order valence-corrected chi connectivity index (χ1v) is 10.8. The van der Waals surface area contributed by atoms with Crippen molar-refractivity contribution in [2.24, 2.45) is 0 Å².